The summed E-state index contributed by atoms with van der Waals surface area (Å²) in [6, 6.07) is 14.8. The number of hydrogen-bond donors (Lipinski definition) is 0. The van der Waals surface area contributed by atoms with Crippen LogP contribution in [0.4, 0.5) is 4.39 Å². The molecule has 0 aliphatic carbocycles. The lowest BCUT2D eigenvalue weighted by Crippen LogP contribution is -1.98. The van der Waals surface area contributed by atoms with E-state index >= 15 is 0 Å². The number of rotatable bonds is 2. The fourth-order valence-corrected chi connectivity index (χ4v) is 4.17. The average molecular weight is 365 g/mol. The Labute approximate surface area is 156 Å². The van der Waals surface area contributed by atoms with Crippen LogP contribution in [-0.2, 0) is 13.0 Å². The third-order valence-corrected chi connectivity index (χ3v) is 5.52. The second-order valence-corrected chi connectivity index (χ2v) is 7.33. The average Bonchev–Trinajstić information content (AvgIpc) is 3.07. The van der Waals surface area contributed by atoms with Crippen LogP contribution in [0.2, 0.25) is 5.02 Å². The Kier molecular flexibility index (Phi) is 3.64. The number of aryl methyl sites for hydroxylation is 2. The minimum Gasteiger partial charge on any atom is -0.325 e. The predicted octanol–water partition coefficient (Wildman–Crippen LogP) is 6.20. The number of aromatic nitrogens is 2. The Morgan fingerprint density at radius 3 is 2.35 bits per heavy atom. The van der Waals surface area contributed by atoms with Gasteiger partial charge in [0.25, 0.3) is 0 Å². The Balaban J connectivity index is 1.72. The molecule has 4 aromatic rings. The molecule has 0 spiro atoms. The molecule has 0 fully saturated rings. The number of benzene rings is 2. The van der Waals surface area contributed by atoms with E-state index in [4.69, 9.17) is 11.6 Å². The highest BCUT2D eigenvalue weighted by Crippen LogP contribution is 2.36. The summed E-state index contributed by atoms with van der Waals surface area (Å²) in [6.07, 6.45) is 7.74. The van der Waals surface area contributed by atoms with Gasteiger partial charge in [0, 0.05) is 35.1 Å². The first-order chi connectivity index (χ1) is 12.7. The molecule has 0 N–H and O–H groups in total. The van der Waals surface area contributed by atoms with Gasteiger partial charge in [0.2, 0.25) is 0 Å². The van der Waals surface area contributed by atoms with Crippen molar-refractivity contribution in [3.8, 4) is 22.4 Å². The zero-order valence-corrected chi connectivity index (χ0v) is 15.0. The zero-order chi connectivity index (χ0) is 17.7. The molecule has 1 aliphatic rings. The van der Waals surface area contributed by atoms with Crippen LogP contribution in [-0.4, -0.2) is 8.97 Å². The van der Waals surface area contributed by atoms with Crippen molar-refractivity contribution >= 4 is 17.2 Å². The van der Waals surface area contributed by atoms with Crippen molar-refractivity contribution in [1.29, 1.82) is 0 Å². The maximum Gasteiger partial charge on any atom is 0.123 e. The number of imidazole rings is 1. The Morgan fingerprint density at radius 2 is 1.58 bits per heavy atom. The van der Waals surface area contributed by atoms with Gasteiger partial charge in [-0.2, -0.15) is 0 Å². The van der Waals surface area contributed by atoms with E-state index in [0.717, 1.165) is 36.4 Å². The van der Waals surface area contributed by atoms with Crippen LogP contribution >= 0.6 is 11.6 Å². The second-order valence-electron chi connectivity index (χ2n) is 6.89. The van der Waals surface area contributed by atoms with Crippen molar-refractivity contribution in [2.45, 2.75) is 25.8 Å². The van der Waals surface area contributed by atoms with E-state index in [2.05, 4.69) is 33.5 Å². The minimum atomic E-state index is -0.196. The van der Waals surface area contributed by atoms with Gasteiger partial charge in [0.05, 0.1) is 5.69 Å². The van der Waals surface area contributed by atoms with Crippen LogP contribution in [0.25, 0.3) is 28.0 Å². The predicted molar refractivity (Wildman–Crippen MR) is 104 cm³/mol. The van der Waals surface area contributed by atoms with Crippen LogP contribution in [0, 0.1) is 5.82 Å². The third-order valence-electron chi connectivity index (χ3n) is 5.27. The fraction of sp³-hybridized carbons (Fsp3) is 0.182. The van der Waals surface area contributed by atoms with Crippen molar-refractivity contribution in [2.75, 3.05) is 0 Å². The molecule has 1 aliphatic heterocycles. The molecule has 2 nitrogen and oxygen atoms in total. The van der Waals surface area contributed by atoms with Crippen LogP contribution in [0.15, 0.2) is 60.9 Å². The Bertz CT molecular complexity index is 1000. The third kappa shape index (κ3) is 2.46. The van der Waals surface area contributed by atoms with Crippen molar-refractivity contribution in [3.05, 3.63) is 77.3 Å². The molecule has 2 aromatic carbocycles. The van der Waals surface area contributed by atoms with Gasteiger partial charge in [-0.25, -0.2) is 4.39 Å². The fourth-order valence-electron chi connectivity index (χ4n) is 4.04. The number of hydrogen-bond acceptors (Lipinski definition) is 0. The Morgan fingerprint density at radius 1 is 0.846 bits per heavy atom. The van der Waals surface area contributed by atoms with Crippen LogP contribution < -0.4 is 0 Å². The molecule has 0 radical (unpaired) electrons. The Hall–Kier alpha value is -2.52. The first kappa shape index (κ1) is 15.7. The molecule has 0 saturated carbocycles. The van der Waals surface area contributed by atoms with E-state index in [-0.39, 0.29) is 5.82 Å². The van der Waals surface area contributed by atoms with Gasteiger partial charge in [-0.1, -0.05) is 35.9 Å². The highest BCUT2D eigenvalue weighted by atomic mass is 35.5. The maximum atomic E-state index is 13.3. The molecule has 3 heterocycles. The van der Waals surface area contributed by atoms with Crippen molar-refractivity contribution < 1.29 is 4.39 Å². The van der Waals surface area contributed by atoms with Gasteiger partial charge in [-0.15, -0.1) is 0 Å². The standard InChI is InChI=1S/C22H18ClFN2/c23-17-8-4-16(5-9-17)21-14-25-13-20(15-6-10-18(24)11-7-15)19-3-1-2-12-26(21)22(19)25/h4-11,13-14H,1-3,12H2. The lowest BCUT2D eigenvalue weighted by atomic mass is 10.0. The molecule has 0 unspecified atom stereocenters. The highest BCUT2D eigenvalue weighted by Gasteiger charge is 2.21. The molecular weight excluding hydrogens is 347 g/mol. The lowest BCUT2D eigenvalue weighted by molar-refractivity contribution is 0.628. The zero-order valence-electron chi connectivity index (χ0n) is 14.3. The number of nitrogens with zero attached hydrogens (tertiary/aromatic N) is 2. The van der Waals surface area contributed by atoms with E-state index in [1.165, 1.54) is 40.2 Å². The molecule has 0 saturated heterocycles. The molecule has 26 heavy (non-hydrogen) atoms. The summed E-state index contributed by atoms with van der Waals surface area (Å²) >= 11 is 6.05. The van der Waals surface area contributed by atoms with Gasteiger partial charge in [-0.05, 0) is 54.7 Å². The SMILES string of the molecule is Fc1ccc(-c2cn3cc(-c4ccc(Cl)cc4)n4c3c2CCCC4)cc1. The summed E-state index contributed by atoms with van der Waals surface area (Å²) in [6.45, 7) is 1.01. The second kappa shape index (κ2) is 6.03. The quantitative estimate of drug-likeness (QED) is 0.400. The van der Waals surface area contributed by atoms with E-state index < -0.39 is 0 Å². The molecule has 0 bridgehead atoms. The summed E-state index contributed by atoms with van der Waals surface area (Å²) < 4.78 is 18.0. The summed E-state index contributed by atoms with van der Waals surface area (Å²) in [4.78, 5) is 0. The summed E-state index contributed by atoms with van der Waals surface area (Å²) in [5.74, 6) is -0.196. The molecule has 130 valence electrons. The van der Waals surface area contributed by atoms with Gasteiger partial charge in [0.1, 0.15) is 11.5 Å². The summed E-state index contributed by atoms with van der Waals surface area (Å²) in [7, 11) is 0. The van der Waals surface area contributed by atoms with Gasteiger partial charge >= 0.3 is 0 Å². The van der Waals surface area contributed by atoms with E-state index in [9.17, 15) is 4.39 Å². The molecule has 2 aromatic heterocycles. The van der Waals surface area contributed by atoms with E-state index in [1.807, 2.05) is 24.3 Å². The largest absolute Gasteiger partial charge is 0.325 e. The molecule has 0 amide bonds. The molecule has 4 heteroatoms. The van der Waals surface area contributed by atoms with Crippen LogP contribution in [0.5, 0.6) is 0 Å². The topological polar surface area (TPSA) is 9.34 Å². The number of halogens is 2. The molecule has 0 atom stereocenters. The van der Waals surface area contributed by atoms with Crippen molar-refractivity contribution in [3.63, 3.8) is 0 Å². The minimum absolute atomic E-state index is 0.196. The summed E-state index contributed by atoms with van der Waals surface area (Å²) in [5.41, 5.74) is 7.28. The van der Waals surface area contributed by atoms with Crippen LogP contribution in [0.1, 0.15) is 18.4 Å². The van der Waals surface area contributed by atoms with Crippen LogP contribution in [0.3, 0.4) is 0 Å². The lowest BCUT2D eigenvalue weighted by Gasteiger charge is -2.08. The molecular formula is C22H18ClFN2. The van der Waals surface area contributed by atoms with Gasteiger partial charge < -0.3 is 8.97 Å². The normalized spacial score (nSPS) is 13.9. The van der Waals surface area contributed by atoms with E-state index in [1.54, 1.807) is 0 Å². The van der Waals surface area contributed by atoms with Gasteiger partial charge in [0.15, 0.2) is 0 Å². The monoisotopic (exact) mass is 364 g/mol. The molecule has 5 rings (SSSR count). The van der Waals surface area contributed by atoms with Crippen molar-refractivity contribution in [1.82, 2.24) is 8.97 Å². The first-order valence-electron chi connectivity index (χ1n) is 8.96. The summed E-state index contributed by atoms with van der Waals surface area (Å²) in [5, 5.41) is 0.752. The smallest absolute Gasteiger partial charge is 0.123 e. The van der Waals surface area contributed by atoms with E-state index in [0.29, 0.717) is 0 Å². The first-order valence-corrected chi connectivity index (χ1v) is 9.33. The maximum absolute atomic E-state index is 13.3. The van der Waals surface area contributed by atoms with Gasteiger partial charge in [-0.3, -0.25) is 0 Å². The highest BCUT2D eigenvalue weighted by molar-refractivity contribution is 6.30. The van der Waals surface area contributed by atoms with Crippen molar-refractivity contribution in [2.24, 2.45) is 0 Å².